The normalized spacial score (nSPS) is 13.7. The van der Waals surface area contributed by atoms with Gasteiger partial charge >= 0.3 is 12.3 Å². The zero-order chi connectivity index (χ0) is 15.4. The second kappa shape index (κ2) is 6.12. The second-order valence-corrected chi connectivity index (χ2v) is 5.18. The summed E-state index contributed by atoms with van der Waals surface area (Å²) in [5, 5.41) is 2.18. The van der Waals surface area contributed by atoms with Crippen LogP contribution in [0.3, 0.4) is 0 Å². The van der Waals surface area contributed by atoms with Gasteiger partial charge in [-0.3, -0.25) is 4.79 Å². The molecule has 19 heavy (non-hydrogen) atoms. The van der Waals surface area contributed by atoms with Crippen molar-refractivity contribution in [3.8, 4) is 0 Å². The molecule has 1 N–H and O–H groups in total. The van der Waals surface area contributed by atoms with Gasteiger partial charge in [0.15, 0.2) is 0 Å². The van der Waals surface area contributed by atoms with E-state index in [1.807, 2.05) is 0 Å². The lowest BCUT2D eigenvalue weighted by Gasteiger charge is -2.25. The molecule has 0 aromatic rings. The molecule has 0 aliphatic heterocycles. The van der Waals surface area contributed by atoms with E-state index in [2.05, 4.69) is 5.32 Å². The summed E-state index contributed by atoms with van der Waals surface area (Å²) < 4.78 is 41.2. The number of nitrogens with one attached hydrogen (secondary N) is 1. The number of alkyl carbamates (subject to hydrolysis) is 1. The maximum atomic E-state index is 12.1. The fraction of sp³-hybridized carbons (Fsp3) is 0.818. The van der Waals surface area contributed by atoms with Crippen LogP contribution >= 0.6 is 0 Å². The Bertz CT molecular complexity index is 337. The van der Waals surface area contributed by atoms with E-state index >= 15 is 0 Å². The van der Waals surface area contributed by atoms with E-state index in [1.54, 1.807) is 20.8 Å². The summed E-state index contributed by atoms with van der Waals surface area (Å²) in [6.07, 6.45) is -5.33. The van der Waals surface area contributed by atoms with Crippen molar-refractivity contribution in [2.24, 2.45) is 0 Å². The molecule has 0 saturated carbocycles. The molecule has 2 amide bonds. The van der Waals surface area contributed by atoms with Crippen LogP contribution in [0.25, 0.3) is 0 Å². The van der Waals surface area contributed by atoms with Gasteiger partial charge in [0, 0.05) is 7.05 Å². The summed E-state index contributed by atoms with van der Waals surface area (Å²) >= 11 is 0. The fourth-order valence-electron chi connectivity index (χ4n) is 1.22. The van der Waals surface area contributed by atoms with Gasteiger partial charge in [0.1, 0.15) is 18.2 Å². The number of ether oxygens (including phenoxy) is 1. The van der Waals surface area contributed by atoms with Gasteiger partial charge < -0.3 is 15.0 Å². The third-order valence-electron chi connectivity index (χ3n) is 1.90. The number of hydrogen-bond donors (Lipinski definition) is 1. The molecule has 0 spiro atoms. The summed E-state index contributed by atoms with van der Waals surface area (Å²) in [4.78, 5) is 23.4. The van der Waals surface area contributed by atoms with Crippen LogP contribution in [0, 0.1) is 0 Å². The number of amides is 2. The quantitative estimate of drug-likeness (QED) is 0.861. The van der Waals surface area contributed by atoms with Gasteiger partial charge in [0.2, 0.25) is 5.91 Å². The monoisotopic (exact) mass is 284 g/mol. The number of alkyl halides is 3. The van der Waals surface area contributed by atoms with Crippen LogP contribution in [0.2, 0.25) is 0 Å². The average molecular weight is 284 g/mol. The predicted octanol–water partition coefficient (Wildman–Crippen LogP) is 1.92. The highest BCUT2D eigenvalue weighted by molar-refractivity contribution is 5.85. The molecule has 8 heteroatoms. The molecule has 0 radical (unpaired) electrons. The van der Waals surface area contributed by atoms with Crippen molar-refractivity contribution in [2.45, 2.75) is 45.5 Å². The van der Waals surface area contributed by atoms with Gasteiger partial charge in [-0.05, 0) is 27.7 Å². The molecular weight excluding hydrogens is 265 g/mol. The topological polar surface area (TPSA) is 58.6 Å². The highest BCUT2D eigenvalue weighted by Gasteiger charge is 2.33. The van der Waals surface area contributed by atoms with Crippen molar-refractivity contribution in [1.82, 2.24) is 10.2 Å². The Morgan fingerprint density at radius 2 is 1.74 bits per heavy atom. The van der Waals surface area contributed by atoms with Gasteiger partial charge in [-0.2, -0.15) is 13.2 Å². The van der Waals surface area contributed by atoms with E-state index in [-0.39, 0.29) is 0 Å². The largest absolute Gasteiger partial charge is 0.444 e. The molecule has 0 rings (SSSR count). The summed E-state index contributed by atoms with van der Waals surface area (Å²) in [5.41, 5.74) is -0.745. The minimum Gasteiger partial charge on any atom is -0.444 e. The first-order valence-corrected chi connectivity index (χ1v) is 5.63. The first-order valence-electron chi connectivity index (χ1n) is 5.63. The fourth-order valence-corrected chi connectivity index (χ4v) is 1.22. The van der Waals surface area contributed by atoms with Crippen molar-refractivity contribution >= 4 is 12.0 Å². The second-order valence-electron chi connectivity index (χ2n) is 5.18. The lowest BCUT2D eigenvalue weighted by molar-refractivity contribution is -0.159. The lowest BCUT2D eigenvalue weighted by Crippen LogP contribution is -2.48. The third-order valence-corrected chi connectivity index (χ3v) is 1.90. The average Bonchev–Trinajstić information content (AvgIpc) is 2.10. The SMILES string of the molecule is C[C@@H](NC(=O)OC(C)(C)C)C(=O)N(C)CC(F)(F)F. The van der Waals surface area contributed by atoms with Crippen molar-refractivity contribution in [2.75, 3.05) is 13.6 Å². The Hall–Kier alpha value is -1.47. The van der Waals surface area contributed by atoms with Crippen molar-refractivity contribution in [3.05, 3.63) is 0 Å². The highest BCUT2D eigenvalue weighted by atomic mass is 19.4. The summed E-state index contributed by atoms with van der Waals surface area (Å²) in [5.74, 6) is -0.844. The molecule has 1 atom stereocenters. The van der Waals surface area contributed by atoms with Crippen LogP contribution in [-0.4, -0.2) is 48.3 Å². The lowest BCUT2D eigenvalue weighted by atomic mass is 10.2. The molecule has 0 heterocycles. The Balaban J connectivity index is 4.38. The van der Waals surface area contributed by atoms with Crippen LogP contribution in [0.4, 0.5) is 18.0 Å². The molecule has 112 valence electrons. The van der Waals surface area contributed by atoms with Crippen LogP contribution < -0.4 is 5.32 Å². The van der Waals surface area contributed by atoms with Crippen molar-refractivity contribution in [3.63, 3.8) is 0 Å². The Morgan fingerprint density at radius 3 is 2.11 bits per heavy atom. The Labute approximate surface area is 110 Å². The first-order chi connectivity index (χ1) is 8.32. The summed E-state index contributed by atoms with van der Waals surface area (Å²) in [6.45, 7) is 4.82. The number of hydrogen-bond acceptors (Lipinski definition) is 3. The minimum atomic E-state index is -4.48. The maximum Gasteiger partial charge on any atom is 0.408 e. The van der Waals surface area contributed by atoms with Crippen LogP contribution in [0.5, 0.6) is 0 Å². The molecule has 0 aromatic carbocycles. The third kappa shape index (κ3) is 8.28. The highest BCUT2D eigenvalue weighted by Crippen LogP contribution is 2.16. The van der Waals surface area contributed by atoms with Crippen LogP contribution in [0.15, 0.2) is 0 Å². The number of carbonyl (C=O) groups is 2. The van der Waals surface area contributed by atoms with E-state index < -0.39 is 36.4 Å². The zero-order valence-corrected chi connectivity index (χ0v) is 11.6. The Kier molecular flexibility index (Phi) is 5.64. The van der Waals surface area contributed by atoms with Gasteiger partial charge in [0.25, 0.3) is 0 Å². The summed E-state index contributed by atoms with van der Waals surface area (Å²) in [6, 6.07) is -1.10. The van der Waals surface area contributed by atoms with Crippen molar-refractivity contribution in [1.29, 1.82) is 0 Å². The maximum absolute atomic E-state index is 12.1. The molecular formula is C11H19F3N2O3. The molecule has 0 aromatic heterocycles. The first kappa shape index (κ1) is 17.5. The van der Waals surface area contributed by atoms with Crippen LogP contribution in [0.1, 0.15) is 27.7 Å². The molecule has 5 nitrogen and oxygen atoms in total. The summed E-state index contributed by atoms with van der Waals surface area (Å²) in [7, 11) is 1.02. The van der Waals surface area contributed by atoms with E-state index in [0.717, 1.165) is 7.05 Å². The molecule has 0 saturated heterocycles. The minimum absolute atomic E-state index is 0.502. The van der Waals surface area contributed by atoms with E-state index in [1.165, 1.54) is 6.92 Å². The molecule has 0 bridgehead atoms. The van der Waals surface area contributed by atoms with E-state index in [0.29, 0.717) is 4.90 Å². The van der Waals surface area contributed by atoms with Gasteiger partial charge in [0.05, 0.1) is 0 Å². The van der Waals surface area contributed by atoms with Gasteiger partial charge in [-0.25, -0.2) is 4.79 Å². The smallest absolute Gasteiger partial charge is 0.408 e. The standard InChI is InChI=1S/C11H19F3N2O3/c1-7(15-9(18)19-10(2,3)4)8(17)16(5)6-11(12,13)14/h7H,6H2,1-5H3,(H,15,18)/t7-/m1/s1. The molecule has 0 aliphatic carbocycles. The van der Waals surface area contributed by atoms with E-state index in [4.69, 9.17) is 4.74 Å². The molecule has 0 aliphatic rings. The van der Waals surface area contributed by atoms with Gasteiger partial charge in [-0.1, -0.05) is 0 Å². The van der Waals surface area contributed by atoms with Gasteiger partial charge in [-0.15, -0.1) is 0 Å². The number of halogens is 3. The number of rotatable bonds is 3. The zero-order valence-electron chi connectivity index (χ0n) is 11.6. The molecule has 0 unspecified atom stereocenters. The van der Waals surface area contributed by atoms with Crippen molar-refractivity contribution < 1.29 is 27.5 Å². The number of likely N-dealkylation sites (N-methyl/N-ethyl adjacent to an activating group) is 1. The van der Waals surface area contributed by atoms with E-state index in [9.17, 15) is 22.8 Å². The Morgan fingerprint density at radius 1 is 1.26 bits per heavy atom. The predicted molar refractivity (Wildman–Crippen MR) is 62.5 cm³/mol. The van der Waals surface area contributed by atoms with Crippen LogP contribution in [-0.2, 0) is 9.53 Å². The molecule has 0 fully saturated rings. The number of nitrogens with zero attached hydrogens (tertiary/aromatic N) is 1. The number of carbonyl (C=O) groups excluding carboxylic acids is 2.